The molecule has 120 valence electrons. The topological polar surface area (TPSA) is 93.8 Å². The van der Waals surface area contributed by atoms with Crippen molar-refractivity contribution in [3.63, 3.8) is 0 Å². The van der Waals surface area contributed by atoms with Gasteiger partial charge in [-0.15, -0.1) is 11.3 Å². The lowest BCUT2D eigenvalue weighted by molar-refractivity contribution is -0.126. The van der Waals surface area contributed by atoms with Crippen LogP contribution in [0.3, 0.4) is 0 Å². The molecule has 3 N–H and O–H groups in total. The van der Waals surface area contributed by atoms with E-state index in [1.54, 1.807) is 31.2 Å². The largest absolute Gasteiger partial charge is 0.381 e. The van der Waals surface area contributed by atoms with Crippen molar-refractivity contribution in [2.45, 2.75) is 20.0 Å². The zero-order valence-corrected chi connectivity index (χ0v) is 13.6. The number of nitrogens with two attached hydrogens (primary N) is 1. The van der Waals surface area contributed by atoms with E-state index >= 15 is 0 Å². The van der Waals surface area contributed by atoms with Crippen LogP contribution < -0.4 is 11.1 Å². The van der Waals surface area contributed by atoms with Crippen molar-refractivity contribution in [2.24, 2.45) is 10.9 Å². The minimum atomic E-state index is -0.825. The Hall–Kier alpha value is -2.67. The number of benzene rings is 1. The van der Waals surface area contributed by atoms with E-state index in [1.807, 2.05) is 17.5 Å². The molecule has 0 radical (unpaired) electrons. The lowest BCUT2D eigenvalue weighted by Crippen LogP contribution is -2.27. The molecule has 0 bridgehead atoms. The first-order chi connectivity index (χ1) is 11.0. The first kappa shape index (κ1) is 16.7. The third kappa shape index (κ3) is 4.65. The third-order valence-electron chi connectivity index (χ3n) is 2.99. The number of nitrogens with one attached hydrogen (secondary N) is 1. The molecule has 2 aromatic rings. The van der Waals surface area contributed by atoms with Crippen LogP contribution in [0.1, 0.15) is 29.1 Å². The van der Waals surface area contributed by atoms with E-state index in [0.29, 0.717) is 11.3 Å². The van der Waals surface area contributed by atoms with Crippen LogP contribution in [-0.4, -0.2) is 23.6 Å². The van der Waals surface area contributed by atoms with Gasteiger partial charge in [0.2, 0.25) is 6.10 Å². The molecular formula is C16H17N3O3S. The molecular weight excluding hydrogens is 314 g/mol. The fourth-order valence-corrected chi connectivity index (χ4v) is 2.33. The highest BCUT2D eigenvalue weighted by atomic mass is 32.1. The van der Waals surface area contributed by atoms with E-state index in [1.165, 1.54) is 18.3 Å². The van der Waals surface area contributed by atoms with Gasteiger partial charge in [0, 0.05) is 11.3 Å². The SMILES string of the molecule is CC(=O)c1cccc(NC(=O)C(C)O/N=C(/N)c2cccs2)c1. The first-order valence-corrected chi connectivity index (χ1v) is 7.80. The summed E-state index contributed by atoms with van der Waals surface area (Å²) in [5.41, 5.74) is 6.81. The standard InChI is InChI=1S/C16H17N3O3S/c1-10(20)12-5-3-6-13(9-12)18-16(21)11(2)22-19-15(17)14-7-4-8-23-14/h3-9,11H,1-2H3,(H2,17,19)(H,18,21). The van der Waals surface area contributed by atoms with Crippen LogP contribution in [0.25, 0.3) is 0 Å². The fourth-order valence-electron chi connectivity index (χ4n) is 1.71. The molecule has 0 fully saturated rings. The molecule has 23 heavy (non-hydrogen) atoms. The maximum atomic E-state index is 12.1. The number of thiophene rings is 1. The van der Waals surface area contributed by atoms with Gasteiger partial charge in [-0.1, -0.05) is 23.4 Å². The molecule has 1 unspecified atom stereocenters. The van der Waals surface area contributed by atoms with E-state index < -0.39 is 6.10 Å². The lowest BCUT2D eigenvalue weighted by Gasteiger charge is -2.11. The molecule has 1 aromatic carbocycles. The molecule has 0 aliphatic heterocycles. The van der Waals surface area contributed by atoms with Crippen LogP contribution in [0.4, 0.5) is 5.69 Å². The quantitative estimate of drug-likeness (QED) is 0.368. The number of hydrogen-bond donors (Lipinski definition) is 2. The van der Waals surface area contributed by atoms with Crippen LogP contribution in [0.5, 0.6) is 0 Å². The molecule has 7 heteroatoms. The maximum absolute atomic E-state index is 12.1. The van der Waals surface area contributed by atoms with E-state index in [4.69, 9.17) is 10.6 Å². The van der Waals surface area contributed by atoms with Gasteiger partial charge < -0.3 is 15.9 Å². The summed E-state index contributed by atoms with van der Waals surface area (Å²) in [7, 11) is 0. The molecule has 0 spiro atoms. The molecule has 1 aromatic heterocycles. The second-order valence-corrected chi connectivity index (χ2v) is 5.78. The number of amidine groups is 1. The highest BCUT2D eigenvalue weighted by Gasteiger charge is 2.15. The Morgan fingerprint density at radius 1 is 1.30 bits per heavy atom. The van der Waals surface area contributed by atoms with Crippen molar-refractivity contribution in [1.82, 2.24) is 0 Å². The van der Waals surface area contributed by atoms with Gasteiger partial charge in [0.15, 0.2) is 11.6 Å². The lowest BCUT2D eigenvalue weighted by atomic mass is 10.1. The normalized spacial score (nSPS) is 12.5. The number of ketones is 1. The zero-order chi connectivity index (χ0) is 16.8. The Labute approximate surface area is 137 Å². The summed E-state index contributed by atoms with van der Waals surface area (Å²) in [4.78, 5) is 29.3. The Kier molecular flexibility index (Phi) is 5.48. The number of rotatable bonds is 6. The van der Waals surface area contributed by atoms with E-state index in [-0.39, 0.29) is 17.5 Å². The predicted octanol–water partition coefficient (Wildman–Crippen LogP) is 2.61. The van der Waals surface area contributed by atoms with Crippen LogP contribution in [0.15, 0.2) is 46.9 Å². The van der Waals surface area contributed by atoms with E-state index in [2.05, 4.69) is 10.5 Å². The number of hydrogen-bond acceptors (Lipinski definition) is 5. The molecule has 1 amide bonds. The minimum absolute atomic E-state index is 0.0706. The van der Waals surface area contributed by atoms with Crippen LogP contribution in [0.2, 0.25) is 0 Å². The van der Waals surface area contributed by atoms with Gasteiger partial charge in [-0.05, 0) is 37.4 Å². The van der Waals surface area contributed by atoms with Gasteiger partial charge >= 0.3 is 0 Å². The van der Waals surface area contributed by atoms with Crippen molar-refractivity contribution < 1.29 is 14.4 Å². The first-order valence-electron chi connectivity index (χ1n) is 6.92. The fraction of sp³-hybridized carbons (Fsp3) is 0.188. The van der Waals surface area contributed by atoms with Gasteiger partial charge in [0.1, 0.15) is 0 Å². The van der Waals surface area contributed by atoms with E-state index in [9.17, 15) is 9.59 Å². The van der Waals surface area contributed by atoms with Gasteiger partial charge in [-0.2, -0.15) is 0 Å². The number of Topliss-reactive ketones (excluding diaryl/α,β-unsaturated/α-hetero) is 1. The average molecular weight is 331 g/mol. The molecule has 0 saturated heterocycles. The van der Waals surface area contributed by atoms with Gasteiger partial charge in [-0.25, -0.2) is 0 Å². The molecule has 0 saturated carbocycles. The van der Waals surface area contributed by atoms with Gasteiger partial charge in [0.05, 0.1) is 4.88 Å². The monoisotopic (exact) mass is 331 g/mol. The molecule has 0 aliphatic carbocycles. The molecule has 2 rings (SSSR count). The highest BCUT2D eigenvalue weighted by molar-refractivity contribution is 7.12. The number of anilines is 1. The van der Waals surface area contributed by atoms with Crippen LogP contribution >= 0.6 is 11.3 Å². The summed E-state index contributed by atoms with van der Waals surface area (Å²) in [5.74, 6) is -0.231. The van der Waals surface area contributed by atoms with Crippen molar-refractivity contribution in [1.29, 1.82) is 0 Å². The predicted molar refractivity (Wildman–Crippen MR) is 90.7 cm³/mol. The molecule has 6 nitrogen and oxygen atoms in total. The number of carbonyl (C=O) groups excluding carboxylic acids is 2. The Balaban J connectivity index is 1.96. The zero-order valence-electron chi connectivity index (χ0n) is 12.8. The van der Waals surface area contributed by atoms with Crippen molar-refractivity contribution in [2.75, 3.05) is 5.32 Å². The Bertz CT molecular complexity index is 726. The van der Waals surface area contributed by atoms with Gasteiger partial charge in [0.25, 0.3) is 5.91 Å². The minimum Gasteiger partial charge on any atom is -0.381 e. The highest BCUT2D eigenvalue weighted by Crippen LogP contribution is 2.12. The average Bonchev–Trinajstić information content (AvgIpc) is 3.07. The molecule has 1 atom stereocenters. The Morgan fingerprint density at radius 2 is 2.09 bits per heavy atom. The summed E-state index contributed by atoms with van der Waals surface area (Å²) in [6.45, 7) is 3.03. The summed E-state index contributed by atoms with van der Waals surface area (Å²) in [6, 6.07) is 10.3. The van der Waals surface area contributed by atoms with Crippen LogP contribution in [-0.2, 0) is 9.63 Å². The number of amides is 1. The summed E-state index contributed by atoms with van der Waals surface area (Å²) < 4.78 is 0. The van der Waals surface area contributed by atoms with Gasteiger partial charge in [-0.3, -0.25) is 9.59 Å². The molecule has 0 aliphatic rings. The number of nitrogens with zero attached hydrogens (tertiary/aromatic N) is 1. The van der Waals surface area contributed by atoms with Crippen molar-refractivity contribution in [3.8, 4) is 0 Å². The second kappa shape index (κ2) is 7.55. The summed E-state index contributed by atoms with van der Waals surface area (Å²) >= 11 is 1.43. The van der Waals surface area contributed by atoms with Crippen molar-refractivity contribution >= 4 is 34.6 Å². The summed E-state index contributed by atoms with van der Waals surface area (Å²) in [5, 5.41) is 8.31. The van der Waals surface area contributed by atoms with Crippen LogP contribution in [0, 0.1) is 0 Å². The second-order valence-electron chi connectivity index (χ2n) is 4.83. The summed E-state index contributed by atoms with van der Waals surface area (Å²) in [6.07, 6.45) is -0.825. The van der Waals surface area contributed by atoms with Crippen molar-refractivity contribution in [3.05, 3.63) is 52.2 Å². The smallest absolute Gasteiger partial charge is 0.267 e. The maximum Gasteiger partial charge on any atom is 0.267 e. The third-order valence-corrected chi connectivity index (χ3v) is 3.88. The number of oxime groups is 1. The number of carbonyl (C=O) groups is 2. The Morgan fingerprint density at radius 3 is 2.74 bits per heavy atom. The molecule has 1 heterocycles. The van der Waals surface area contributed by atoms with E-state index in [0.717, 1.165) is 4.88 Å².